The summed E-state index contributed by atoms with van der Waals surface area (Å²) in [7, 11) is 0. The fraction of sp³-hybridized carbons (Fsp3) is 0. The molecule has 0 atom stereocenters. The van der Waals surface area contributed by atoms with E-state index >= 15 is 0 Å². The first kappa shape index (κ1) is 9.57. The summed E-state index contributed by atoms with van der Waals surface area (Å²) in [4.78, 5) is 0. The van der Waals surface area contributed by atoms with Crippen molar-refractivity contribution < 1.29 is 18.9 Å². The standard InChI is InChI=1S/C4H6S.Li/c1-2-3-4-5;/h2-5H,1H2;/q;+1/p-1/b4-3+;. The minimum absolute atomic E-state index is 0. The number of allylic oxidation sites excluding steroid dienone is 2. The average Bonchev–Trinajstić information content (AvgIpc) is 1.41. The van der Waals surface area contributed by atoms with Crippen molar-refractivity contribution in [1.29, 1.82) is 0 Å². The van der Waals surface area contributed by atoms with E-state index in [0.717, 1.165) is 0 Å². The van der Waals surface area contributed by atoms with Crippen molar-refractivity contribution in [1.82, 2.24) is 0 Å². The van der Waals surface area contributed by atoms with Crippen LogP contribution in [-0.2, 0) is 12.6 Å². The summed E-state index contributed by atoms with van der Waals surface area (Å²) in [5.41, 5.74) is 0. The molecule has 0 radical (unpaired) electrons. The minimum atomic E-state index is 0. The van der Waals surface area contributed by atoms with E-state index in [2.05, 4.69) is 19.2 Å². The van der Waals surface area contributed by atoms with Crippen LogP contribution in [0.2, 0.25) is 0 Å². The van der Waals surface area contributed by atoms with Gasteiger partial charge in [-0.3, -0.25) is 0 Å². The Balaban J connectivity index is 0. The first-order valence-corrected chi connectivity index (χ1v) is 1.78. The topological polar surface area (TPSA) is 0 Å². The van der Waals surface area contributed by atoms with E-state index in [1.165, 1.54) is 5.41 Å². The zero-order chi connectivity index (χ0) is 4.12. The van der Waals surface area contributed by atoms with Crippen LogP contribution in [0.4, 0.5) is 0 Å². The van der Waals surface area contributed by atoms with Gasteiger partial charge in [0, 0.05) is 0 Å². The second-order valence-electron chi connectivity index (χ2n) is 0.564. The van der Waals surface area contributed by atoms with Gasteiger partial charge in [-0.2, -0.15) is 0 Å². The van der Waals surface area contributed by atoms with Gasteiger partial charge in [-0.15, -0.1) is 0 Å². The molecule has 0 spiro atoms. The van der Waals surface area contributed by atoms with Crippen LogP contribution in [0.3, 0.4) is 0 Å². The summed E-state index contributed by atoms with van der Waals surface area (Å²) >= 11 is 4.40. The third-order valence-electron chi connectivity index (χ3n) is 0.215. The molecule has 0 aromatic carbocycles. The van der Waals surface area contributed by atoms with E-state index in [9.17, 15) is 0 Å². The third kappa shape index (κ3) is 8.85. The second kappa shape index (κ2) is 9.00. The summed E-state index contributed by atoms with van der Waals surface area (Å²) in [6, 6.07) is 0. The summed E-state index contributed by atoms with van der Waals surface area (Å²) in [5.74, 6) is 0. The molecule has 2 heteroatoms. The summed E-state index contributed by atoms with van der Waals surface area (Å²) in [6.45, 7) is 3.40. The van der Waals surface area contributed by atoms with Gasteiger partial charge in [0.1, 0.15) is 0 Å². The fourth-order valence-corrected chi connectivity index (χ4v) is 0.167. The maximum Gasteiger partial charge on any atom is 1.00 e. The van der Waals surface area contributed by atoms with Gasteiger partial charge < -0.3 is 12.6 Å². The van der Waals surface area contributed by atoms with Gasteiger partial charge in [-0.1, -0.05) is 18.7 Å². The first-order valence-electron chi connectivity index (χ1n) is 1.31. The van der Waals surface area contributed by atoms with Gasteiger partial charge in [0.2, 0.25) is 0 Å². The van der Waals surface area contributed by atoms with Gasteiger partial charge in [-0.25, -0.2) is 5.41 Å². The molecule has 0 aromatic heterocycles. The van der Waals surface area contributed by atoms with Crippen molar-refractivity contribution in [2.75, 3.05) is 0 Å². The van der Waals surface area contributed by atoms with Crippen LogP contribution in [0.5, 0.6) is 0 Å². The van der Waals surface area contributed by atoms with Crippen LogP contribution in [0.15, 0.2) is 24.1 Å². The normalized spacial score (nSPS) is 7.33. The number of rotatable bonds is 1. The maximum absolute atomic E-state index is 4.40. The molecule has 0 unspecified atom stereocenters. The van der Waals surface area contributed by atoms with Crippen molar-refractivity contribution >= 4 is 12.6 Å². The Morgan fingerprint density at radius 2 is 2.00 bits per heavy atom. The van der Waals surface area contributed by atoms with E-state index in [4.69, 9.17) is 0 Å². The van der Waals surface area contributed by atoms with Crippen molar-refractivity contribution in [3.05, 3.63) is 24.1 Å². The summed E-state index contributed by atoms with van der Waals surface area (Å²) < 4.78 is 0. The van der Waals surface area contributed by atoms with E-state index in [1.54, 1.807) is 12.2 Å². The molecule has 0 aromatic rings. The van der Waals surface area contributed by atoms with E-state index in [0.29, 0.717) is 0 Å². The largest absolute Gasteiger partial charge is 1.00 e. The van der Waals surface area contributed by atoms with Crippen LogP contribution in [0, 0.1) is 0 Å². The van der Waals surface area contributed by atoms with Crippen LogP contribution in [0.1, 0.15) is 0 Å². The second-order valence-corrected chi connectivity index (χ2v) is 0.836. The predicted molar refractivity (Wildman–Crippen MR) is 26.7 cm³/mol. The molecule has 6 heavy (non-hydrogen) atoms. The van der Waals surface area contributed by atoms with Crippen molar-refractivity contribution in [2.24, 2.45) is 0 Å². The average molecular weight is 92.1 g/mol. The van der Waals surface area contributed by atoms with Gasteiger partial charge in [0.15, 0.2) is 0 Å². The van der Waals surface area contributed by atoms with E-state index in [-0.39, 0.29) is 18.9 Å². The van der Waals surface area contributed by atoms with Crippen LogP contribution in [0.25, 0.3) is 0 Å². The summed E-state index contributed by atoms with van der Waals surface area (Å²) in [6.07, 6.45) is 3.35. The predicted octanol–water partition coefficient (Wildman–Crippen LogP) is -1.76. The van der Waals surface area contributed by atoms with Crippen molar-refractivity contribution in [3.63, 3.8) is 0 Å². The van der Waals surface area contributed by atoms with Crippen LogP contribution in [-0.4, -0.2) is 0 Å². The fourth-order valence-electron chi connectivity index (χ4n) is 0.0556. The van der Waals surface area contributed by atoms with Crippen LogP contribution >= 0.6 is 0 Å². The van der Waals surface area contributed by atoms with Gasteiger partial charge in [0.25, 0.3) is 0 Å². The Morgan fingerprint density at radius 3 is 2.00 bits per heavy atom. The molecule has 0 saturated carbocycles. The minimum Gasteiger partial charge on any atom is -0.787 e. The molecule has 0 heterocycles. The first-order chi connectivity index (χ1) is 2.41. The third-order valence-corrected chi connectivity index (χ3v) is 0.372. The summed E-state index contributed by atoms with van der Waals surface area (Å²) in [5, 5.41) is 1.52. The molecule has 0 rings (SSSR count). The van der Waals surface area contributed by atoms with Crippen molar-refractivity contribution in [2.45, 2.75) is 0 Å². The number of hydrogen-bond acceptors (Lipinski definition) is 1. The van der Waals surface area contributed by atoms with Gasteiger partial charge in [-0.05, 0) is 0 Å². The van der Waals surface area contributed by atoms with Crippen molar-refractivity contribution in [3.8, 4) is 0 Å². The molecule has 0 bridgehead atoms. The quantitative estimate of drug-likeness (QED) is 0.210. The SMILES string of the molecule is C=C/C=C/[S-].[Li+]. The Hall–Kier alpha value is 0.297. The van der Waals surface area contributed by atoms with Gasteiger partial charge in [0.05, 0.1) is 0 Å². The van der Waals surface area contributed by atoms with E-state index < -0.39 is 0 Å². The molecule has 0 N–H and O–H groups in total. The Bertz CT molecular complexity index is 49.5. The molecule has 0 nitrogen and oxygen atoms in total. The molecule has 0 aliphatic heterocycles. The zero-order valence-corrected chi connectivity index (χ0v) is 4.66. The monoisotopic (exact) mass is 92.0 g/mol. The maximum atomic E-state index is 4.40. The van der Waals surface area contributed by atoms with Crippen LogP contribution < -0.4 is 18.9 Å². The molecule has 0 saturated heterocycles. The molecule has 0 fully saturated rings. The Labute approximate surface area is 55.9 Å². The molecular formula is C4H5LiS. The molecule has 0 aliphatic rings. The smallest absolute Gasteiger partial charge is 0.787 e. The number of hydrogen-bond donors (Lipinski definition) is 0. The Kier molecular flexibility index (Phi) is 14.4. The Morgan fingerprint density at radius 1 is 1.50 bits per heavy atom. The molecule has 28 valence electrons. The molecular weight excluding hydrogens is 87.1 g/mol. The zero-order valence-electron chi connectivity index (χ0n) is 3.85. The molecule has 0 aliphatic carbocycles. The van der Waals surface area contributed by atoms with Gasteiger partial charge >= 0.3 is 18.9 Å². The molecule has 0 amide bonds. The van der Waals surface area contributed by atoms with E-state index in [1.807, 2.05) is 0 Å².